The van der Waals surface area contributed by atoms with Gasteiger partial charge in [-0.05, 0) is 24.1 Å². The average Bonchev–Trinajstić information content (AvgIpc) is 2.38. The number of rotatable bonds is 4. The molecule has 0 bridgehead atoms. The average molecular weight is 243 g/mol. The molecule has 2 aromatic rings. The highest BCUT2D eigenvalue weighted by atomic mass is 16.2. The van der Waals surface area contributed by atoms with Crippen molar-refractivity contribution in [2.75, 3.05) is 6.54 Å². The first-order valence-electron chi connectivity index (χ1n) is 6.09. The quantitative estimate of drug-likeness (QED) is 0.897. The molecule has 0 saturated carbocycles. The fraction of sp³-hybridized carbons (Fsp3) is 0.286. The highest BCUT2D eigenvalue weighted by molar-refractivity contribution is 5.82. The minimum atomic E-state index is -0.377. The number of nitrogens with zero attached hydrogens (tertiary/aromatic N) is 2. The number of pyridine rings is 1. The fourth-order valence-electron chi connectivity index (χ4n) is 2.04. The second-order valence-corrected chi connectivity index (χ2v) is 4.25. The number of aromatic nitrogens is 1. The van der Waals surface area contributed by atoms with Crippen LogP contribution < -0.4 is 5.73 Å². The molecule has 0 unspecified atom stereocenters. The summed E-state index contributed by atoms with van der Waals surface area (Å²) in [5, 5.41) is 1.07. The molecule has 4 heteroatoms. The van der Waals surface area contributed by atoms with Crippen LogP contribution in [0.1, 0.15) is 18.9 Å². The summed E-state index contributed by atoms with van der Waals surface area (Å²) in [4.78, 5) is 17.3. The largest absolute Gasteiger partial charge is 0.351 e. The van der Waals surface area contributed by atoms with Crippen molar-refractivity contribution in [3.8, 4) is 0 Å². The van der Waals surface area contributed by atoms with Crippen LogP contribution in [0, 0.1) is 0 Å². The molecule has 2 N–H and O–H groups in total. The van der Waals surface area contributed by atoms with Crippen LogP contribution in [0.5, 0.6) is 0 Å². The number of urea groups is 1. The molecule has 0 aliphatic rings. The van der Waals surface area contributed by atoms with E-state index in [1.807, 2.05) is 37.3 Å². The third-order valence-corrected chi connectivity index (χ3v) is 2.91. The van der Waals surface area contributed by atoms with Crippen LogP contribution in [-0.2, 0) is 6.54 Å². The topological polar surface area (TPSA) is 59.2 Å². The van der Waals surface area contributed by atoms with E-state index in [4.69, 9.17) is 5.73 Å². The molecule has 4 nitrogen and oxygen atoms in total. The number of benzene rings is 1. The van der Waals surface area contributed by atoms with E-state index < -0.39 is 0 Å². The summed E-state index contributed by atoms with van der Waals surface area (Å²) >= 11 is 0. The van der Waals surface area contributed by atoms with Gasteiger partial charge in [0.25, 0.3) is 0 Å². The summed E-state index contributed by atoms with van der Waals surface area (Å²) in [7, 11) is 0. The maximum absolute atomic E-state index is 11.4. The first-order chi connectivity index (χ1) is 8.72. The van der Waals surface area contributed by atoms with Gasteiger partial charge in [0, 0.05) is 24.7 Å². The van der Waals surface area contributed by atoms with E-state index in [1.165, 1.54) is 0 Å². The van der Waals surface area contributed by atoms with E-state index in [2.05, 4.69) is 4.98 Å². The van der Waals surface area contributed by atoms with E-state index in [-0.39, 0.29) is 6.03 Å². The molecule has 2 amide bonds. The van der Waals surface area contributed by atoms with Crippen molar-refractivity contribution in [1.82, 2.24) is 9.88 Å². The Morgan fingerprint density at radius 3 is 2.83 bits per heavy atom. The van der Waals surface area contributed by atoms with Gasteiger partial charge in [-0.25, -0.2) is 4.79 Å². The number of para-hydroxylation sites is 1. The molecule has 1 aromatic carbocycles. The Morgan fingerprint density at radius 1 is 1.33 bits per heavy atom. The molecule has 2 rings (SSSR count). The second-order valence-electron chi connectivity index (χ2n) is 4.25. The van der Waals surface area contributed by atoms with Crippen LogP contribution in [-0.4, -0.2) is 22.5 Å². The van der Waals surface area contributed by atoms with Crippen molar-refractivity contribution >= 4 is 16.9 Å². The van der Waals surface area contributed by atoms with E-state index in [0.717, 1.165) is 22.9 Å². The molecule has 1 aromatic heterocycles. The molecule has 0 atom stereocenters. The summed E-state index contributed by atoms with van der Waals surface area (Å²) in [5.74, 6) is 0. The number of hydrogen-bond acceptors (Lipinski definition) is 2. The zero-order chi connectivity index (χ0) is 13.0. The van der Waals surface area contributed by atoms with Crippen LogP contribution >= 0.6 is 0 Å². The summed E-state index contributed by atoms with van der Waals surface area (Å²) in [6.45, 7) is 3.23. The van der Waals surface area contributed by atoms with Crippen LogP contribution in [0.2, 0.25) is 0 Å². The molecule has 0 aliphatic carbocycles. The highest BCUT2D eigenvalue weighted by Crippen LogP contribution is 2.17. The van der Waals surface area contributed by atoms with Crippen LogP contribution in [0.25, 0.3) is 10.9 Å². The lowest BCUT2D eigenvalue weighted by Gasteiger charge is -2.20. The highest BCUT2D eigenvalue weighted by Gasteiger charge is 2.11. The number of amides is 2. The van der Waals surface area contributed by atoms with Crippen molar-refractivity contribution in [3.63, 3.8) is 0 Å². The Morgan fingerprint density at radius 2 is 2.11 bits per heavy atom. The Bertz CT molecular complexity index is 548. The first-order valence-corrected chi connectivity index (χ1v) is 6.09. The van der Waals surface area contributed by atoms with Gasteiger partial charge in [-0.3, -0.25) is 4.98 Å². The summed E-state index contributed by atoms with van der Waals surface area (Å²) in [5.41, 5.74) is 7.40. The summed E-state index contributed by atoms with van der Waals surface area (Å²) in [6.07, 6.45) is 2.66. The Hall–Kier alpha value is -2.10. The number of carbonyl (C=O) groups is 1. The van der Waals surface area contributed by atoms with E-state index >= 15 is 0 Å². The fourth-order valence-corrected chi connectivity index (χ4v) is 2.04. The van der Waals surface area contributed by atoms with Gasteiger partial charge in [-0.2, -0.15) is 0 Å². The maximum Gasteiger partial charge on any atom is 0.315 e. The van der Waals surface area contributed by atoms with Gasteiger partial charge in [0.05, 0.1) is 5.52 Å². The minimum absolute atomic E-state index is 0.377. The van der Waals surface area contributed by atoms with Crippen molar-refractivity contribution in [2.45, 2.75) is 19.9 Å². The maximum atomic E-state index is 11.4. The molecule has 1 heterocycles. The SMILES string of the molecule is CCCN(Cc1ccnc2ccccc12)C(N)=O. The van der Waals surface area contributed by atoms with Gasteiger partial charge in [-0.15, -0.1) is 0 Å². The molecule has 0 aliphatic heterocycles. The third kappa shape index (κ3) is 2.59. The van der Waals surface area contributed by atoms with Crippen molar-refractivity contribution in [1.29, 1.82) is 0 Å². The van der Waals surface area contributed by atoms with Crippen molar-refractivity contribution in [3.05, 3.63) is 42.1 Å². The first kappa shape index (κ1) is 12.4. The van der Waals surface area contributed by atoms with Crippen molar-refractivity contribution < 1.29 is 4.79 Å². The number of fused-ring (bicyclic) bond motifs is 1. The van der Waals surface area contributed by atoms with Gasteiger partial charge >= 0.3 is 6.03 Å². The lowest BCUT2D eigenvalue weighted by molar-refractivity contribution is 0.205. The van der Waals surface area contributed by atoms with E-state index in [1.54, 1.807) is 11.1 Å². The van der Waals surface area contributed by atoms with Gasteiger partial charge in [-0.1, -0.05) is 25.1 Å². The number of hydrogen-bond donors (Lipinski definition) is 1. The zero-order valence-electron chi connectivity index (χ0n) is 10.5. The lowest BCUT2D eigenvalue weighted by atomic mass is 10.1. The lowest BCUT2D eigenvalue weighted by Crippen LogP contribution is -2.35. The predicted octanol–water partition coefficient (Wildman–Crippen LogP) is 2.53. The summed E-state index contributed by atoms with van der Waals surface area (Å²) in [6, 6.07) is 9.47. The molecule has 18 heavy (non-hydrogen) atoms. The molecular formula is C14H17N3O. The van der Waals surface area contributed by atoms with Crippen molar-refractivity contribution in [2.24, 2.45) is 5.73 Å². The number of carbonyl (C=O) groups excluding carboxylic acids is 1. The van der Waals surface area contributed by atoms with E-state index in [0.29, 0.717) is 13.1 Å². The second kappa shape index (κ2) is 5.49. The number of nitrogens with two attached hydrogens (primary N) is 1. The molecule has 0 saturated heterocycles. The van der Waals surface area contributed by atoms with Gasteiger partial charge in [0.1, 0.15) is 0 Å². The van der Waals surface area contributed by atoms with Gasteiger partial charge in [0.15, 0.2) is 0 Å². The van der Waals surface area contributed by atoms with Gasteiger partial charge < -0.3 is 10.6 Å². The van der Waals surface area contributed by atoms with Crippen LogP contribution in [0.3, 0.4) is 0 Å². The zero-order valence-corrected chi connectivity index (χ0v) is 10.5. The Balaban J connectivity index is 2.33. The molecule has 0 radical (unpaired) electrons. The van der Waals surface area contributed by atoms with Gasteiger partial charge in [0.2, 0.25) is 0 Å². The number of primary amides is 1. The smallest absolute Gasteiger partial charge is 0.315 e. The van der Waals surface area contributed by atoms with Crippen LogP contribution in [0.15, 0.2) is 36.5 Å². The normalized spacial score (nSPS) is 10.5. The molecule has 0 spiro atoms. The third-order valence-electron chi connectivity index (χ3n) is 2.91. The predicted molar refractivity (Wildman–Crippen MR) is 72.0 cm³/mol. The Kier molecular flexibility index (Phi) is 3.77. The summed E-state index contributed by atoms with van der Waals surface area (Å²) < 4.78 is 0. The minimum Gasteiger partial charge on any atom is -0.351 e. The van der Waals surface area contributed by atoms with Crippen LogP contribution in [0.4, 0.5) is 4.79 Å². The monoisotopic (exact) mass is 243 g/mol. The Labute approximate surface area is 106 Å². The molecule has 0 fully saturated rings. The molecular weight excluding hydrogens is 226 g/mol. The standard InChI is InChI=1S/C14H17N3O/c1-2-9-17(14(15)18)10-11-7-8-16-13-6-4-3-5-12(11)13/h3-8H,2,9-10H2,1H3,(H2,15,18). The molecule has 94 valence electrons. The van der Waals surface area contributed by atoms with E-state index in [9.17, 15) is 4.79 Å².